The van der Waals surface area contributed by atoms with Gasteiger partial charge in [0.1, 0.15) is 6.54 Å². The Kier molecular flexibility index (Phi) is 4.93. The third kappa shape index (κ3) is 3.70. The molecule has 1 aliphatic heterocycles. The molecule has 0 aromatic rings. The number of amides is 1. The second-order valence-corrected chi connectivity index (χ2v) is 4.86. The molecular formula is C12H22N2O3. The summed E-state index contributed by atoms with van der Waals surface area (Å²) in [5.41, 5.74) is 0. The molecule has 17 heavy (non-hydrogen) atoms. The zero-order valence-corrected chi connectivity index (χ0v) is 10.8. The predicted octanol–water partition coefficient (Wildman–Crippen LogP) is 0.650. The number of carbonyl (C=O) groups excluding carboxylic acids is 1. The highest BCUT2D eigenvalue weighted by atomic mass is 16.4. The van der Waals surface area contributed by atoms with E-state index in [4.69, 9.17) is 5.11 Å². The van der Waals surface area contributed by atoms with E-state index in [0.717, 1.165) is 25.9 Å². The van der Waals surface area contributed by atoms with Gasteiger partial charge in [-0.05, 0) is 33.4 Å². The van der Waals surface area contributed by atoms with Gasteiger partial charge in [0.05, 0.1) is 5.92 Å². The molecule has 2 atom stereocenters. The molecule has 0 spiro atoms. The number of carboxylic acid groups (broad SMARTS) is 1. The molecule has 0 radical (unpaired) electrons. The second-order valence-electron chi connectivity index (χ2n) is 4.86. The minimum atomic E-state index is -0.940. The normalized spacial score (nSPS) is 22.4. The number of aliphatic carboxylic acids is 1. The van der Waals surface area contributed by atoms with Crippen molar-refractivity contribution in [2.24, 2.45) is 5.92 Å². The quantitative estimate of drug-likeness (QED) is 0.769. The Morgan fingerprint density at radius 1 is 1.53 bits per heavy atom. The molecule has 0 aromatic heterocycles. The molecule has 5 nitrogen and oxygen atoms in total. The Labute approximate surface area is 102 Å². The zero-order chi connectivity index (χ0) is 13.0. The average Bonchev–Trinajstić information content (AvgIpc) is 2.70. The minimum absolute atomic E-state index is 0.00824. The summed E-state index contributed by atoms with van der Waals surface area (Å²) in [6, 6.07) is -0.00972. The highest BCUT2D eigenvalue weighted by Gasteiger charge is 2.32. The van der Waals surface area contributed by atoms with Crippen LogP contribution in [0.1, 0.15) is 26.7 Å². The van der Waals surface area contributed by atoms with Crippen molar-refractivity contribution in [3.63, 3.8) is 0 Å². The fourth-order valence-corrected chi connectivity index (χ4v) is 2.19. The summed E-state index contributed by atoms with van der Waals surface area (Å²) in [5.74, 6) is -0.982. The molecule has 1 amide bonds. The molecule has 0 saturated carbocycles. The zero-order valence-electron chi connectivity index (χ0n) is 10.8. The van der Waals surface area contributed by atoms with Gasteiger partial charge in [-0.3, -0.25) is 9.59 Å². The van der Waals surface area contributed by atoms with Crippen LogP contribution < -0.4 is 0 Å². The van der Waals surface area contributed by atoms with E-state index in [1.807, 2.05) is 20.9 Å². The topological polar surface area (TPSA) is 60.9 Å². The summed E-state index contributed by atoms with van der Waals surface area (Å²) in [4.78, 5) is 26.7. The standard InChI is InChI=1S/C12H22N2O3/c1-4-9(2)14(8-11(15)16)12(17)10-5-6-13(3)7-10/h9-10H,4-8H2,1-3H3,(H,15,16). The van der Waals surface area contributed by atoms with Gasteiger partial charge < -0.3 is 14.9 Å². The first-order valence-electron chi connectivity index (χ1n) is 6.16. The van der Waals surface area contributed by atoms with Gasteiger partial charge in [0.15, 0.2) is 0 Å². The summed E-state index contributed by atoms with van der Waals surface area (Å²) in [6.07, 6.45) is 1.61. The van der Waals surface area contributed by atoms with Gasteiger partial charge in [-0.25, -0.2) is 0 Å². The second kappa shape index (κ2) is 6.00. The first kappa shape index (κ1) is 14.0. The van der Waals surface area contributed by atoms with E-state index in [1.165, 1.54) is 4.90 Å². The van der Waals surface area contributed by atoms with Crippen LogP contribution in [-0.4, -0.2) is 59.5 Å². The molecule has 0 bridgehead atoms. The number of hydrogen-bond acceptors (Lipinski definition) is 3. The van der Waals surface area contributed by atoms with E-state index in [1.54, 1.807) is 0 Å². The van der Waals surface area contributed by atoms with E-state index < -0.39 is 5.97 Å². The van der Waals surface area contributed by atoms with Crippen LogP contribution in [0.5, 0.6) is 0 Å². The molecule has 5 heteroatoms. The van der Waals surface area contributed by atoms with Gasteiger partial charge in [-0.15, -0.1) is 0 Å². The summed E-state index contributed by atoms with van der Waals surface area (Å²) in [6.45, 7) is 5.34. The van der Waals surface area contributed by atoms with Crippen LogP contribution in [0.3, 0.4) is 0 Å². The number of carboxylic acids is 1. The Bertz CT molecular complexity index is 293. The van der Waals surface area contributed by atoms with Crippen molar-refractivity contribution >= 4 is 11.9 Å². The first-order valence-corrected chi connectivity index (χ1v) is 6.16. The van der Waals surface area contributed by atoms with Crippen molar-refractivity contribution in [2.45, 2.75) is 32.7 Å². The number of nitrogens with zero attached hydrogens (tertiary/aromatic N) is 2. The van der Waals surface area contributed by atoms with Gasteiger partial charge in [0.25, 0.3) is 0 Å². The molecule has 0 aliphatic carbocycles. The fourth-order valence-electron chi connectivity index (χ4n) is 2.19. The van der Waals surface area contributed by atoms with Crippen LogP contribution in [0.2, 0.25) is 0 Å². The van der Waals surface area contributed by atoms with Crippen molar-refractivity contribution in [1.82, 2.24) is 9.80 Å². The fraction of sp³-hybridized carbons (Fsp3) is 0.833. The number of rotatable bonds is 5. The van der Waals surface area contributed by atoms with Crippen LogP contribution >= 0.6 is 0 Å². The van der Waals surface area contributed by atoms with Crippen LogP contribution in [0, 0.1) is 5.92 Å². The number of hydrogen-bond donors (Lipinski definition) is 1. The number of likely N-dealkylation sites (tertiary alicyclic amines) is 1. The Hall–Kier alpha value is -1.10. The lowest BCUT2D eigenvalue weighted by Gasteiger charge is -2.29. The molecule has 1 aliphatic rings. The maximum Gasteiger partial charge on any atom is 0.323 e. The van der Waals surface area contributed by atoms with E-state index in [0.29, 0.717) is 0 Å². The molecule has 1 saturated heterocycles. The van der Waals surface area contributed by atoms with E-state index in [-0.39, 0.29) is 24.4 Å². The van der Waals surface area contributed by atoms with Gasteiger partial charge in [0.2, 0.25) is 5.91 Å². The monoisotopic (exact) mass is 242 g/mol. The maximum absolute atomic E-state index is 12.3. The molecule has 98 valence electrons. The average molecular weight is 242 g/mol. The lowest BCUT2D eigenvalue weighted by molar-refractivity contribution is -0.147. The van der Waals surface area contributed by atoms with Crippen molar-refractivity contribution in [2.75, 3.05) is 26.7 Å². The van der Waals surface area contributed by atoms with Gasteiger partial charge in [-0.1, -0.05) is 6.92 Å². The Morgan fingerprint density at radius 3 is 2.59 bits per heavy atom. The molecule has 1 heterocycles. The molecule has 1 N–H and O–H groups in total. The largest absolute Gasteiger partial charge is 0.480 e. The third-order valence-corrected chi connectivity index (χ3v) is 3.45. The summed E-state index contributed by atoms with van der Waals surface area (Å²) in [7, 11) is 1.98. The Balaban J connectivity index is 2.68. The molecule has 1 fully saturated rings. The highest BCUT2D eigenvalue weighted by Crippen LogP contribution is 2.19. The van der Waals surface area contributed by atoms with E-state index >= 15 is 0 Å². The van der Waals surface area contributed by atoms with E-state index in [2.05, 4.69) is 4.90 Å². The maximum atomic E-state index is 12.3. The lowest BCUT2D eigenvalue weighted by atomic mass is 10.1. The minimum Gasteiger partial charge on any atom is -0.480 e. The Morgan fingerprint density at radius 2 is 2.18 bits per heavy atom. The van der Waals surface area contributed by atoms with Gasteiger partial charge in [-0.2, -0.15) is 0 Å². The van der Waals surface area contributed by atoms with Crippen molar-refractivity contribution < 1.29 is 14.7 Å². The van der Waals surface area contributed by atoms with Crippen molar-refractivity contribution in [3.8, 4) is 0 Å². The van der Waals surface area contributed by atoms with Gasteiger partial charge in [0, 0.05) is 12.6 Å². The van der Waals surface area contributed by atoms with Crippen molar-refractivity contribution in [3.05, 3.63) is 0 Å². The summed E-state index contributed by atoms with van der Waals surface area (Å²) >= 11 is 0. The van der Waals surface area contributed by atoms with Crippen LogP contribution in [-0.2, 0) is 9.59 Å². The molecular weight excluding hydrogens is 220 g/mol. The van der Waals surface area contributed by atoms with Gasteiger partial charge >= 0.3 is 5.97 Å². The predicted molar refractivity (Wildman–Crippen MR) is 64.7 cm³/mol. The van der Waals surface area contributed by atoms with Crippen LogP contribution in [0.4, 0.5) is 0 Å². The van der Waals surface area contributed by atoms with Crippen molar-refractivity contribution in [1.29, 1.82) is 0 Å². The van der Waals surface area contributed by atoms with Crippen LogP contribution in [0.25, 0.3) is 0 Å². The summed E-state index contributed by atoms with van der Waals surface area (Å²) in [5, 5.41) is 8.87. The smallest absolute Gasteiger partial charge is 0.323 e. The number of carbonyl (C=O) groups is 2. The first-order chi connectivity index (χ1) is 7.95. The lowest BCUT2D eigenvalue weighted by Crippen LogP contribution is -2.45. The molecule has 1 rings (SSSR count). The molecule has 2 unspecified atom stereocenters. The highest BCUT2D eigenvalue weighted by molar-refractivity contribution is 5.83. The summed E-state index contributed by atoms with van der Waals surface area (Å²) < 4.78 is 0. The van der Waals surface area contributed by atoms with E-state index in [9.17, 15) is 9.59 Å². The SMILES string of the molecule is CCC(C)N(CC(=O)O)C(=O)C1CCN(C)C1. The third-order valence-electron chi connectivity index (χ3n) is 3.45. The van der Waals surface area contributed by atoms with Crippen LogP contribution in [0.15, 0.2) is 0 Å². The molecule has 0 aromatic carbocycles.